The Kier molecular flexibility index (Phi) is 3.66. The van der Waals surface area contributed by atoms with Gasteiger partial charge in [0.05, 0.1) is 22.8 Å². The smallest absolute Gasteiger partial charge is 0.323 e. The molecule has 4 aromatic rings. The van der Waals surface area contributed by atoms with E-state index in [4.69, 9.17) is 0 Å². The highest BCUT2D eigenvalue weighted by atomic mass is 32.1. The molecule has 0 saturated carbocycles. The quantitative estimate of drug-likeness (QED) is 0.524. The topological polar surface area (TPSA) is 73.6 Å². The molecule has 2 aromatic carbocycles. The maximum absolute atomic E-state index is 11.4. The maximum atomic E-state index is 11.4. The van der Waals surface area contributed by atoms with Gasteiger partial charge in [0.15, 0.2) is 5.13 Å². The second-order valence-corrected chi connectivity index (χ2v) is 6.51. The van der Waals surface area contributed by atoms with Crippen LogP contribution in [0.4, 0.5) is 5.13 Å². The van der Waals surface area contributed by atoms with Crippen molar-refractivity contribution in [3.63, 3.8) is 0 Å². The third-order valence-corrected chi connectivity index (χ3v) is 4.73. The molecule has 4 rings (SSSR count). The fourth-order valence-corrected chi connectivity index (χ4v) is 3.48. The predicted molar refractivity (Wildman–Crippen MR) is 98.5 cm³/mol. The fraction of sp³-hybridized carbons (Fsp3) is 0.111. The van der Waals surface area contributed by atoms with E-state index in [1.54, 1.807) is 11.3 Å². The molecule has 0 bridgehead atoms. The van der Waals surface area contributed by atoms with E-state index in [9.17, 15) is 4.79 Å². The van der Waals surface area contributed by atoms with Crippen molar-refractivity contribution in [2.45, 2.75) is 13.0 Å². The van der Waals surface area contributed by atoms with Crippen molar-refractivity contribution in [2.75, 3.05) is 5.32 Å². The molecule has 120 valence electrons. The monoisotopic (exact) mass is 336 g/mol. The number of aromatic amines is 2. The Balaban J connectivity index is 1.58. The Morgan fingerprint density at radius 2 is 1.88 bits per heavy atom. The van der Waals surface area contributed by atoms with E-state index in [1.165, 1.54) is 5.56 Å². The molecule has 24 heavy (non-hydrogen) atoms. The first-order valence-corrected chi connectivity index (χ1v) is 8.56. The molecule has 0 aliphatic carbocycles. The molecule has 6 heteroatoms. The Hall–Kier alpha value is -2.86. The number of anilines is 1. The lowest BCUT2D eigenvalue weighted by atomic mass is 10.1. The summed E-state index contributed by atoms with van der Waals surface area (Å²) in [6.45, 7) is 2.12. The van der Waals surface area contributed by atoms with Crippen LogP contribution in [0.5, 0.6) is 0 Å². The zero-order chi connectivity index (χ0) is 16.5. The molecule has 5 nitrogen and oxygen atoms in total. The number of aromatic nitrogens is 3. The Labute approximate surface area is 142 Å². The van der Waals surface area contributed by atoms with Gasteiger partial charge < -0.3 is 15.3 Å². The Morgan fingerprint density at radius 3 is 2.71 bits per heavy atom. The molecule has 0 aliphatic rings. The predicted octanol–water partition coefficient (Wildman–Crippen LogP) is 4.15. The van der Waals surface area contributed by atoms with Gasteiger partial charge in [0.2, 0.25) is 0 Å². The van der Waals surface area contributed by atoms with Crippen LogP contribution in [-0.4, -0.2) is 15.0 Å². The van der Waals surface area contributed by atoms with E-state index in [-0.39, 0.29) is 11.7 Å². The molecule has 1 unspecified atom stereocenters. The fourth-order valence-electron chi connectivity index (χ4n) is 2.67. The number of thiazole rings is 1. The van der Waals surface area contributed by atoms with Crippen LogP contribution in [0.1, 0.15) is 18.5 Å². The van der Waals surface area contributed by atoms with Crippen LogP contribution >= 0.6 is 11.3 Å². The summed E-state index contributed by atoms with van der Waals surface area (Å²) < 4.78 is 0. The molecular formula is C18H16N4OS. The van der Waals surface area contributed by atoms with Crippen LogP contribution in [0.15, 0.2) is 58.7 Å². The van der Waals surface area contributed by atoms with E-state index in [1.807, 2.05) is 41.8 Å². The standard InChI is InChI=1S/C18H16N4OS/c1-11(12-5-3-2-4-6-12)19-18-22-16(10-24-18)13-7-8-14-15(9-13)21-17(23)20-14/h2-11H,1H3,(H,19,22)(H2,20,21,23). The lowest BCUT2D eigenvalue weighted by Gasteiger charge is -2.12. The summed E-state index contributed by atoms with van der Waals surface area (Å²) in [6, 6.07) is 16.3. The van der Waals surface area contributed by atoms with E-state index in [0.717, 1.165) is 27.4 Å². The van der Waals surface area contributed by atoms with Crippen LogP contribution in [0, 0.1) is 0 Å². The molecule has 0 radical (unpaired) electrons. The average Bonchev–Trinajstić information content (AvgIpc) is 3.20. The number of fused-ring (bicyclic) bond motifs is 1. The molecule has 0 amide bonds. The number of nitrogens with zero attached hydrogens (tertiary/aromatic N) is 1. The van der Waals surface area contributed by atoms with Crippen molar-refractivity contribution in [3.8, 4) is 11.3 Å². The number of nitrogens with one attached hydrogen (secondary N) is 3. The minimum Gasteiger partial charge on any atom is -0.355 e. The zero-order valence-corrected chi connectivity index (χ0v) is 13.9. The first-order chi connectivity index (χ1) is 11.7. The number of imidazole rings is 1. The van der Waals surface area contributed by atoms with Crippen LogP contribution in [-0.2, 0) is 0 Å². The molecule has 0 aliphatic heterocycles. The van der Waals surface area contributed by atoms with Crippen molar-refractivity contribution in [2.24, 2.45) is 0 Å². The van der Waals surface area contributed by atoms with E-state index < -0.39 is 0 Å². The number of H-pyrrole nitrogens is 2. The van der Waals surface area contributed by atoms with E-state index >= 15 is 0 Å². The molecule has 2 heterocycles. The summed E-state index contributed by atoms with van der Waals surface area (Å²) in [4.78, 5) is 21.6. The Morgan fingerprint density at radius 1 is 1.08 bits per heavy atom. The number of hydrogen-bond acceptors (Lipinski definition) is 4. The molecule has 3 N–H and O–H groups in total. The van der Waals surface area contributed by atoms with Gasteiger partial charge in [-0.2, -0.15) is 0 Å². The molecule has 0 fully saturated rings. The van der Waals surface area contributed by atoms with E-state index in [0.29, 0.717) is 0 Å². The van der Waals surface area contributed by atoms with E-state index in [2.05, 4.69) is 39.3 Å². The van der Waals surface area contributed by atoms with Crippen LogP contribution in [0.2, 0.25) is 0 Å². The second-order valence-electron chi connectivity index (χ2n) is 5.65. The highest BCUT2D eigenvalue weighted by Crippen LogP contribution is 2.28. The van der Waals surface area contributed by atoms with Crippen molar-refractivity contribution < 1.29 is 0 Å². The third kappa shape index (κ3) is 2.83. The SMILES string of the molecule is CC(Nc1nc(-c2ccc3[nH]c(=O)[nH]c3c2)cs1)c1ccccc1. The van der Waals surface area contributed by atoms with Gasteiger partial charge in [0, 0.05) is 10.9 Å². The average molecular weight is 336 g/mol. The van der Waals surface area contributed by atoms with Gasteiger partial charge in [-0.15, -0.1) is 11.3 Å². The summed E-state index contributed by atoms with van der Waals surface area (Å²) >= 11 is 1.58. The van der Waals surface area contributed by atoms with Gasteiger partial charge >= 0.3 is 5.69 Å². The molecule has 0 spiro atoms. The first kappa shape index (κ1) is 14.7. The van der Waals surface area contributed by atoms with Gasteiger partial charge in [0.25, 0.3) is 0 Å². The molecule has 2 aromatic heterocycles. The van der Waals surface area contributed by atoms with Crippen LogP contribution in [0.25, 0.3) is 22.3 Å². The molecule has 0 saturated heterocycles. The summed E-state index contributed by atoms with van der Waals surface area (Å²) in [6.07, 6.45) is 0. The van der Waals surface area contributed by atoms with Gasteiger partial charge in [0.1, 0.15) is 0 Å². The van der Waals surface area contributed by atoms with Crippen molar-refractivity contribution in [1.82, 2.24) is 15.0 Å². The van der Waals surface area contributed by atoms with Gasteiger partial charge in [-0.05, 0) is 24.6 Å². The number of rotatable bonds is 4. The van der Waals surface area contributed by atoms with Crippen LogP contribution in [0.3, 0.4) is 0 Å². The second kappa shape index (κ2) is 5.98. The number of benzene rings is 2. The zero-order valence-electron chi connectivity index (χ0n) is 13.0. The number of hydrogen-bond donors (Lipinski definition) is 3. The van der Waals surface area contributed by atoms with Crippen molar-refractivity contribution in [3.05, 3.63) is 70.0 Å². The summed E-state index contributed by atoms with van der Waals surface area (Å²) in [7, 11) is 0. The van der Waals surface area contributed by atoms with Crippen molar-refractivity contribution >= 4 is 27.5 Å². The highest BCUT2D eigenvalue weighted by Gasteiger charge is 2.10. The van der Waals surface area contributed by atoms with Gasteiger partial charge in [-0.3, -0.25) is 0 Å². The summed E-state index contributed by atoms with van der Waals surface area (Å²) in [5.41, 5.74) is 4.49. The third-order valence-electron chi connectivity index (χ3n) is 3.96. The summed E-state index contributed by atoms with van der Waals surface area (Å²) in [5.74, 6) is 0. The minimum atomic E-state index is -0.195. The van der Waals surface area contributed by atoms with Gasteiger partial charge in [-0.25, -0.2) is 9.78 Å². The lowest BCUT2D eigenvalue weighted by molar-refractivity contribution is 0.882. The normalized spacial score (nSPS) is 12.4. The maximum Gasteiger partial charge on any atom is 0.323 e. The van der Waals surface area contributed by atoms with Crippen LogP contribution < -0.4 is 11.0 Å². The minimum absolute atomic E-state index is 0.189. The Bertz CT molecular complexity index is 1030. The highest BCUT2D eigenvalue weighted by molar-refractivity contribution is 7.14. The summed E-state index contributed by atoms with van der Waals surface area (Å²) in [5, 5.41) is 6.33. The molecule has 1 atom stereocenters. The van der Waals surface area contributed by atoms with Gasteiger partial charge in [-0.1, -0.05) is 36.4 Å². The lowest BCUT2D eigenvalue weighted by Crippen LogP contribution is -2.05. The van der Waals surface area contributed by atoms with Crippen molar-refractivity contribution in [1.29, 1.82) is 0 Å². The first-order valence-electron chi connectivity index (χ1n) is 7.68. The largest absolute Gasteiger partial charge is 0.355 e. The molecular weight excluding hydrogens is 320 g/mol.